The van der Waals surface area contributed by atoms with E-state index in [9.17, 15) is 4.91 Å². The Morgan fingerprint density at radius 2 is 1.96 bits per heavy atom. The van der Waals surface area contributed by atoms with Gasteiger partial charge in [-0.2, -0.15) is 4.91 Å². The second-order valence-electron chi connectivity index (χ2n) is 5.81. The van der Waals surface area contributed by atoms with Gasteiger partial charge in [0.25, 0.3) is 0 Å². The van der Waals surface area contributed by atoms with Gasteiger partial charge in [-0.25, -0.2) is 4.98 Å². The topological polar surface area (TPSA) is 73.3 Å². The van der Waals surface area contributed by atoms with Crippen molar-refractivity contribution in [2.45, 2.75) is 18.5 Å². The molecule has 4 rings (SSSR count). The predicted octanol–water partition coefficient (Wildman–Crippen LogP) is 3.93. The number of nitrogen functional groups attached to an aromatic ring is 1. The number of aromatic nitrogens is 2. The highest BCUT2D eigenvalue weighted by molar-refractivity contribution is 5.69. The van der Waals surface area contributed by atoms with E-state index < -0.39 is 6.04 Å². The number of imidazole rings is 1. The van der Waals surface area contributed by atoms with Crippen molar-refractivity contribution in [1.29, 1.82) is 0 Å². The van der Waals surface area contributed by atoms with E-state index in [-0.39, 0.29) is 6.04 Å². The van der Waals surface area contributed by atoms with E-state index in [1.165, 1.54) is 11.1 Å². The fourth-order valence-electron chi connectivity index (χ4n) is 3.34. The molecule has 0 saturated carbocycles. The van der Waals surface area contributed by atoms with E-state index in [0.29, 0.717) is 12.1 Å². The Bertz CT molecular complexity index is 853. The minimum absolute atomic E-state index is 0.0731. The van der Waals surface area contributed by atoms with Crippen molar-refractivity contribution in [3.05, 3.63) is 77.1 Å². The van der Waals surface area contributed by atoms with E-state index in [2.05, 4.69) is 26.9 Å². The Morgan fingerprint density at radius 3 is 2.74 bits per heavy atom. The second kappa shape index (κ2) is 5.35. The molecule has 2 N–H and O–H groups in total. The normalized spacial score (nSPS) is 16.6. The third-order valence-corrected chi connectivity index (χ3v) is 4.49. The standard InChI is InChI=1S/C18H16N4O/c19-13-7-5-12(6-8-13)16(21-23)9-17-14-3-1-2-4-15(14)18-10-20-11-22(17)18/h1-8,10-11,16-17H,9,19H2. The Morgan fingerprint density at radius 1 is 1.17 bits per heavy atom. The first-order valence-corrected chi connectivity index (χ1v) is 7.57. The number of nitrogens with zero attached hydrogens (tertiary/aromatic N) is 3. The summed E-state index contributed by atoms with van der Waals surface area (Å²) in [5.74, 6) is 0. The molecule has 2 aromatic carbocycles. The number of anilines is 1. The highest BCUT2D eigenvalue weighted by Crippen LogP contribution is 2.43. The Kier molecular flexibility index (Phi) is 3.19. The molecule has 0 saturated heterocycles. The van der Waals surface area contributed by atoms with Gasteiger partial charge in [-0.05, 0) is 23.3 Å². The zero-order valence-electron chi connectivity index (χ0n) is 12.5. The van der Waals surface area contributed by atoms with Crippen LogP contribution in [0.1, 0.15) is 29.6 Å². The number of benzene rings is 2. The van der Waals surface area contributed by atoms with Crippen LogP contribution in [0.3, 0.4) is 0 Å². The lowest BCUT2D eigenvalue weighted by molar-refractivity contribution is 0.500. The molecule has 2 unspecified atom stereocenters. The minimum atomic E-state index is -0.415. The number of rotatable bonds is 4. The number of fused-ring (bicyclic) bond motifs is 3. The number of hydrogen-bond donors (Lipinski definition) is 1. The maximum atomic E-state index is 11.4. The summed E-state index contributed by atoms with van der Waals surface area (Å²) in [6, 6.07) is 15.3. The van der Waals surface area contributed by atoms with E-state index in [1.54, 1.807) is 12.1 Å². The van der Waals surface area contributed by atoms with Gasteiger partial charge in [-0.3, -0.25) is 0 Å². The number of hydrogen-bond acceptors (Lipinski definition) is 4. The largest absolute Gasteiger partial charge is 0.399 e. The van der Waals surface area contributed by atoms with Gasteiger partial charge in [0.05, 0.1) is 24.3 Å². The van der Waals surface area contributed by atoms with Crippen molar-refractivity contribution >= 4 is 5.69 Å². The molecule has 1 aromatic heterocycles. The van der Waals surface area contributed by atoms with Crippen molar-refractivity contribution in [2.24, 2.45) is 5.18 Å². The molecule has 0 aliphatic carbocycles. The summed E-state index contributed by atoms with van der Waals surface area (Å²) < 4.78 is 2.13. The minimum Gasteiger partial charge on any atom is -0.399 e. The highest BCUT2D eigenvalue weighted by atomic mass is 16.3. The SMILES string of the molecule is Nc1ccc(C(CC2c3ccccc3-c3cncn32)N=O)cc1. The molecule has 2 heterocycles. The van der Waals surface area contributed by atoms with Crippen LogP contribution in [-0.2, 0) is 0 Å². The molecule has 0 spiro atoms. The van der Waals surface area contributed by atoms with Crippen LogP contribution >= 0.6 is 0 Å². The van der Waals surface area contributed by atoms with Gasteiger partial charge in [0.2, 0.25) is 0 Å². The van der Waals surface area contributed by atoms with Crippen LogP contribution in [0.25, 0.3) is 11.3 Å². The zero-order valence-corrected chi connectivity index (χ0v) is 12.5. The smallest absolute Gasteiger partial charge is 0.119 e. The molecule has 5 nitrogen and oxygen atoms in total. The molecule has 2 atom stereocenters. The summed E-state index contributed by atoms with van der Waals surface area (Å²) in [5, 5.41) is 3.36. The summed E-state index contributed by atoms with van der Waals surface area (Å²) in [5.41, 5.74) is 10.8. The van der Waals surface area contributed by atoms with Crippen LogP contribution in [0, 0.1) is 4.91 Å². The third kappa shape index (κ3) is 2.21. The summed E-state index contributed by atoms with van der Waals surface area (Å²) in [7, 11) is 0. The quantitative estimate of drug-likeness (QED) is 0.586. The van der Waals surface area contributed by atoms with Crippen molar-refractivity contribution in [3.63, 3.8) is 0 Å². The fourth-order valence-corrected chi connectivity index (χ4v) is 3.34. The van der Waals surface area contributed by atoms with Gasteiger partial charge in [-0.15, -0.1) is 0 Å². The maximum Gasteiger partial charge on any atom is 0.119 e. The van der Waals surface area contributed by atoms with Crippen LogP contribution in [-0.4, -0.2) is 9.55 Å². The summed E-state index contributed by atoms with van der Waals surface area (Å²) in [6.45, 7) is 0. The Labute approximate surface area is 133 Å². The molecule has 0 fully saturated rings. The zero-order chi connectivity index (χ0) is 15.8. The van der Waals surface area contributed by atoms with Crippen molar-refractivity contribution in [3.8, 4) is 11.3 Å². The molecule has 1 aliphatic heterocycles. The lowest BCUT2D eigenvalue weighted by Crippen LogP contribution is -2.09. The highest BCUT2D eigenvalue weighted by Gasteiger charge is 2.30. The lowest BCUT2D eigenvalue weighted by atomic mass is 9.94. The predicted molar refractivity (Wildman–Crippen MR) is 89.8 cm³/mol. The molecule has 0 bridgehead atoms. The third-order valence-electron chi connectivity index (χ3n) is 4.49. The Hall–Kier alpha value is -2.95. The van der Waals surface area contributed by atoms with Crippen LogP contribution in [0.4, 0.5) is 5.69 Å². The van der Waals surface area contributed by atoms with Gasteiger partial charge in [-0.1, -0.05) is 41.6 Å². The van der Waals surface area contributed by atoms with Crippen LogP contribution in [0.2, 0.25) is 0 Å². The molecule has 114 valence electrons. The second-order valence-corrected chi connectivity index (χ2v) is 5.81. The Balaban J connectivity index is 1.71. The number of nitroso groups, excluding NO2 is 1. The molecular weight excluding hydrogens is 288 g/mol. The monoisotopic (exact) mass is 304 g/mol. The average molecular weight is 304 g/mol. The van der Waals surface area contributed by atoms with Crippen molar-refractivity contribution < 1.29 is 0 Å². The van der Waals surface area contributed by atoms with Gasteiger partial charge >= 0.3 is 0 Å². The first kappa shape index (κ1) is 13.7. The first-order chi connectivity index (χ1) is 11.3. The lowest BCUT2D eigenvalue weighted by Gasteiger charge is -2.18. The first-order valence-electron chi connectivity index (χ1n) is 7.57. The summed E-state index contributed by atoms with van der Waals surface area (Å²) in [6.07, 6.45) is 4.30. The summed E-state index contributed by atoms with van der Waals surface area (Å²) in [4.78, 5) is 15.7. The van der Waals surface area contributed by atoms with Crippen LogP contribution in [0.15, 0.2) is 66.2 Å². The maximum absolute atomic E-state index is 11.4. The van der Waals surface area contributed by atoms with Gasteiger partial charge in [0, 0.05) is 17.7 Å². The van der Waals surface area contributed by atoms with E-state index in [1.807, 2.05) is 36.8 Å². The molecule has 0 radical (unpaired) electrons. The van der Waals surface area contributed by atoms with Gasteiger partial charge in [0.15, 0.2) is 0 Å². The molecule has 1 aliphatic rings. The average Bonchev–Trinajstić information content (AvgIpc) is 3.16. The molecule has 0 amide bonds. The summed E-state index contributed by atoms with van der Waals surface area (Å²) >= 11 is 0. The molecule has 3 aromatic rings. The molecular formula is C18H16N4O. The molecule has 23 heavy (non-hydrogen) atoms. The van der Waals surface area contributed by atoms with Gasteiger partial charge < -0.3 is 10.3 Å². The van der Waals surface area contributed by atoms with E-state index in [4.69, 9.17) is 5.73 Å². The van der Waals surface area contributed by atoms with Crippen LogP contribution < -0.4 is 5.73 Å². The van der Waals surface area contributed by atoms with E-state index >= 15 is 0 Å². The number of nitrogens with two attached hydrogens (primary N) is 1. The molecule has 5 heteroatoms. The van der Waals surface area contributed by atoms with Gasteiger partial charge in [0.1, 0.15) is 6.04 Å². The van der Waals surface area contributed by atoms with Crippen molar-refractivity contribution in [1.82, 2.24) is 9.55 Å². The van der Waals surface area contributed by atoms with E-state index in [0.717, 1.165) is 11.3 Å². The fraction of sp³-hybridized carbons (Fsp3) is 0.167. The van der Waals surface area contributed by atoms with Crippen molar-refractivity contribution in [2.75, 3.05) is 5.73 Å². The van der Waals surface area contributed by atoms with Crippen LogP contribution in [0.5, 0.6) is 0 Å².